The Morgan fingerprint density at radius 1 is 1.33 bits per heavy atom. The van der Waals surface area contributed by atoms with Crippen molar-refractivity contribution in [3.63, 3.8) is 0 Å². The van der Waals surface area contributed by atoms with Crippen molar-refractivity contribution in [2.24, 2.45) is 5.41 Å². The Kier molecular flexibility index (Phi) is 5.77. The summed E-state index contributed by atoms with van der Waals surface area (Å²) in [6.07, 6.45) is 0.939. The van der Waals surface area contributed by atoms with Crippen LogP contribution in [0.5, 0.6) is 0 Å². The molecule has 2 rings (SSSR count). The van der Waals surface area contributed by atoms with Gasteiger partial charge in [-0.05, 0) is 37.6 Å². The fraction of sp³-hybridized carbons (Fsp3) is 0.588. The van der Waals surface area contributed by atoms with Gasteiger partial charge in [0.1, 0.15) is 0 Å². The lowest BCUT2D eigenvalue weighted by Crippen LogP contribution is -2.46. The van der Waals surface area contributed by atoms with Crippen molar-refractivity contribution < 1.29 is 23.4 Å². The first-order valence-electron chi connectivity index (χ1n) is 7.89. The second kappa shape index (κ2) is 7.44. The van der Waals surface area contributed by atoms with E-state index in [1.165, 1.54) is 7.11 Å². The van der Waals surface area contributed by atoms with Crippen LogP contribution < -0.4 is 4.90 Å². The maximum atomic E-state index is 14.1. The first-order chi connectivity index (χ1) is 11.3. The largest absolute Gasteiger partial charge is 0.481 e. The molecule has 0 bridgehead atoms. The number of likely N-dealkylation sites (tertiary alicyclic amines) is 1. The predicted octanol–water partition coefficient (Wildman–Crippen LogP) is 2.34. The van der Waals surface area contributed by atoms with Gasteiger partial charge in [0.25, 0.3) is 0 Å². The smallest absolute Gasteiger partial charge is 0.312 e. The molecule has 0 spiro atoms. The summed E-state index contributed by atoms with van der Waals surface area (Å²) in [7, 11) is 4.85. The molecule has 1 saturated heterocycles. The van der Waals surface area contributed by atoms with E-state index in [9.17, 15) is 18.7 Å². The van der Waals surface area contributed by atoms with E-state index in [4.69, 9.17) is 4.74 Å². The molecule has 7 heteroatoms. The van der Waals surface area contributed by atoms with Gasteiger partial charge in [-0.1, -0.05) is 6.07 Å². The molecule has 5 nitrogen and oxygen atoms in total. The van der Waals surface area contributed by atoms with Crippen molar-refractivity contribution in [1.82, 2.24) is 4.90 Å². The Balaban J connectivity index is 2.12. The quantitative estimate of drug-likeness (QED) is 0.860. The summed E-state index contributed by atoms with van der Waals surface area (Å²) in [4.78, 5) is 15.2. The zero-order valence-electron chi connectivity index (χ0n) is 14.3. The number of carboxylic acid groups (broad SMARTS) is 1. The number of rotatable bonds is 6. The Bertz CT molecular complexity index is 600. The van der Waals surface area contributed by atoms with E-state index in [2.05, 4.69) is 4.90 Å². The van der Waals surface area contributed by atoms with Crippen molar-refractivity contribution in [2.75, 3.05) is 45.8 Å². The second-order valence-corrected chi connectivity index (χ2v) is 6.56. The van der Waals surface area contributed by atoms with Gasteiger partial charge in [-0.3, -0.25) is 9.69 Å². The van der Waals surface area contributed by atoms with E-state index >= 15 is 0 Å². The van der Waals surface area contributed by atoms with Gasteiger partial charge in [-0.15, -0.1) is 0 Å². The summed E-state index contributed by atoms with van der Waals surface area (Å²) >= 11 is 0. The zero-order valence-corrected chi connectivity index (χ0v) is 14.3. The first-order valence-corrected chi connectivity index (χ1v) is 7.89. The molecule has 1 aromatic rings. The van der Waals surface area contributed by atoms with E-state index in [0.717, 1.165) is 6.07 Å². The Labute approximate surface area is 140 Å². The van der Waals surface area contributed by atoms with Crippen LogP contribution in [0.4, 0.5) is 14.5 Å². The number of ether oxygens (including phenoxy) is 1. The maximum absolute atomic E-state index is 14.1. The van der Waals surface area contributed by atoms with Crippen molar-refractivity contribution in [1.29, 1.82) is 0 Å². The average molecular weight is 342 g/mol. The average Bonchev–Trinajstić information content (AvgIpc) is 2.52. The molecule has 24 heavy (non-hydrogen) atoms. The van der Waals surface area contributed by atoms with Gasteiger partial charge < -0.3 is 14.7 Å². The molecule has 0 amide bonds. The first kappa shape index (κ1) is 18.6. The van der Waals surface area contributed by atoms with E-state index in [1.54, 1.807) is 25.1 Å². The molecule has 0 aliphatic carbocycles. The molecule has 134 valence electrons. The molecule has 0 radical (unpaired) electrons. The highest BCUT2D eigenvalue weighted by Gasteiger charge is 2.41. The second-order valence-electron chi connectivity index (χ2n) is 6.56. The number of carboxylic acids is 1. The number of aliphatic carboxylic acids is 1. The SMILES string of the molecule is COCC1(C(=O)O)CCN(Cc2ccc(F)c(F)c2N(C)C)CC1. The van der Waals surface area contributed by atoms with Gasteiger partial charge >= 0.3 is 5.97 Å². The summed E-state index contributed by atoms with van der Waals surface area (Å²) in [5.41, 5.74) is 0.0689. The number of piperidine rings is 1. The van der Waals surface area contributed by atoms with Crippen molar-refractivity contribution >= 4 is 11.7 Å². The van der Waals surface area contributed by atoms with Crippen LogP contribution in [0.1, 0.15) is 18.4 Å². The minimum absolute atomic E-state index is 0.185. The monoisotopic (exact) mass is 342 g/mol. The molecule has 1 fully saturated rings. The maximum Gasteiger partial charge on any atom is 0.312 e. The van der Waals surface area contributed by atoms with Crippen LogP contribution in [0.15, 0.2) is 12.1 Å². The Hall–Kier alpha value is -1.73. The summed E-state index contributed by atoms with van der Waals surface area (Å²) in [5.74, 6) is -2.56. The number of benzene rings is 1. The van der Waals surface area contributed by atoms with Crippen LogP contribution >= 0.6 is 0 Å². The highest BCUT2D eigenvalue weighted by atomic mass is 19.2. The summed E-state index contributed by atoms with van der Waals surface area (Å²) in [6.45, 7) is 1.78. The van der Waals surface area contributed by atoms with Crippen LogP contribution in [0.3, 0.4) is 0 Å². The molecule has 1 heterocycles. The summed E-state index contributed by atoms with van der Waals surface area (Å²) in [5, 5.41) is 9.48. The van der Waals surface area contributed by atoms with E-state index < -0.39 is 23.0 Å². The lowest BCUT2D eigenvalue weighted by molar-refractivity contribution is -0.156. The minimum atomic E-state index is -0.869. The minimum Gasteiger partial charge on any atom is -0.481 e. The number of anilines is 1. The third-order valence-electron chi connectivity index (χ3n) is 4.68. The van der Waals surface area contributed by atoms with Crippen molar-refractivity contribution in [3.8, 4) is 0 Å². The van der Waals surface area contributed by atoms with Crippen LogP contribution in [0.25, 0.3) is 0 Å². The number of hydrogen-bond acceptors (Lipinski definition) is 4. The number of carbonyl (C=O) groups is 1. The predicted molar refractivity (Wildman–Crippen MR) is 87.1 cm³/mol. The molecule has 1 aliphatic heterocycles. The summed E-state index contributed by atoms with van der Waals surface area (Å²) in [6, 6.07) is 2.72. The third-order valence-corrected chi connectivity index (χ3v) is 4.68. The van der Waals surface area contributed by atoms with Gasteiger partial charge in [0, 0.05) is 27.7 Å². The van der Waals surface area contributed by atoms with Gasteiger partial charge in [0.05, 0.1) is 17.7 Å². The van der Waals surface area contributed by atoms with Gasteiger partial charge in [-0.25, -0.2) is 8.78 Å². The normalized spacial score (nSPS) is 17.7. The fourth-order valence-electron chi connectivity index (χ4n) is 3.27. The Morgan fingerprint density at radius 2 is 1.96 bits per heavy atom. The fourth-order valence-corrected chi connectivity index (χ4v) is 3.27. The van der Waals surface area contributed by atoms with Crippen molar-refractivity contribution in [2.45, 2.75) is 19.4 Å². The van der Waals surface area contributed by atoms with Crippen LogP contribution in [0, 0.1) is 17.0 Å². The topological polar surface area (TPSA) is 53.0 Å². The van der Waals surface area contributed by atoms with Gasteiger partial charge in [-0.2, -0.15) is 0 Å². The van der Waals surface area contributed by atoms with Crippen LogP contribution in [-0.2, 0) is 16.1 Å². The van der Waals surface area contributed by atoms with Crippen LogP contribution in [0.2, 0.25) is 0 Å². The molecular formula is C17H24F2N2O3. The van der Waals surface area contributed by atoms with E-state index in [1.807, 2.05) is 0 Å². The molecule has 1 aliphatic rings. The lowest BCUT2D eigenvalue weighted by atomic mass is 9.79. The van der Waals surface area contributed by atoms with Crippen LogP contribution in [-0.4, -0.2) is 56.9 Å². The molecular weight excluding hydrogens is 318 g/mol. The molecule has 0 aromatic heterocycles. The van der Waals surface area contributed by atoms with E-state index in [0.29, 0.717) is 38.0 Å². The molecule has 1 aromatic carbocycles. The highest BCUT2D eigenvalue weighted by molar-refractivity contribution is 5.75. The zero-order chi connectivity index (χ0) is 17.9. The molecule has 1 N–H and O–H groups in total. The molecule has 0 saturated carbocycles. The summed E-state index contributed by atoms with van der Waals surface area (Å²) < 4.78 is 32.6. The molecule has 0 atom stereocenters. The standard InChI is InChI=1S/C17H24F2N2O3/c1-20(2)15-12(4-5-13(18)14(15)19)10-21-8-6-17(7-9-21,11-24-3)16(22)23/h4-5H,6-11H2,1-3H3,(H,22,23). The number of methoxy groups -OCH3 is 1. The highest BCUT2D eigenvalue weighted by Crippen LogP contribution is 2.34. The number of hydrogen-bond donors (Lipinski definition) is 1. The Morgan fingerprint density at radius 3 is 2.46 bits per heavy atom. The number of nitrogens with zero attached hydrogens (tertiary/aromatic N) is 2. The van der Waals surface area contributed by atoms with Gasteiger partial charge in [0.15, 0.2) is 11.6 Å². The van der Waals surface area contributed by atoms with Gasteiger partial charge in [0.2, 0.25) is 0 Å². The third kappa shape index (κ3) is 3.67. The lowest BCUT2D eigenvalue weighted by Gasteiger charge is -2.38. The molecule has 0 unspecified atom stereocenters. The van der Waals surface area contributed by atoms with Crippen molar-refractivity contribution in [3.05, 3.63) is 29.3 Å². The van der Waals surface area contributed by atoms with E-state index in [-0.39, 0.29) is 12.3 Å². The number of halogens is 2.